The van der Waals surface area contributed by atoms with Crippen molar-refractivity contribution in [1.29, 1.82) is 0 Å². The summed E-state index contributed by atoms with van der Waals surface area (Å²) in [4.78, 5) is 23.5. The van der Waals surface area contributed by atoms with E-state index in [2.05, 4.69) is 154 Å². The molecule has 10 nitrogen and oxygen atoms in total. The minimum Gasteiger partial charge on any atom is -0.480 e. The molecule has 0 aliphatic rings. The molecule has 0 heterocycles. The number of hydrogen-bond acceptors (Lipinski definition) is 8. The molecule has 280 valence electrons. The predicted octanol–water partition coefficient (Wildman–Crippen LogP) is 3.24. The molecule has 4 aromatic carbocycles. The van der Waals surface area contributed by atoms with E-state index in [9.17, 15) is 9.59 Å². The predicted molar refractivity (Wildman–Crippen MR) is 219 cm³/mol. The number of benzene rings is 4. The van der Waals surface area contributed by atoms with Gasteiger partial charge in [-0.25, -0.2) is 0 Å². The fourth-order valence-corrected chi connectivity index (χ4v) is 9.76. The molecule has 6 N–H and O–H groups in total. The van der Waals surface area contributed by atoms with E-state index in [0.717, 1.165) is 52.4 Å². The van der Waals surface area contributed by atoms with Gasteiger partial charge in [0, 0.05) is 68.5 Å². The van der Waals surface area contributed by atoms with E-state index in [1.165, 1.54) is 21.2 Å². The molecule has 52 heavy (non-hydrogen) atoms. The molecule has 0 fully saturated rings. The number of carbonyl (C=O) groups is 2. The normalized spacial score (nSPS) is 11.2. The average molecular weight is 747 g/mol. The van der Waals surface area contributed by atoms with Crippen LogP contribution in [0.25, 0.3) is 0 Å². The van der Waals surface area contributed by atoms with Crippen LogP contribution in [-0.4, -0.2) is 110 Å². The third-order valence-corrected chi connectivity index (χ3v) is 12.8. The number of hydrogen-bond donors (Lipinski definition) is 6. The van der Waals surface area contributed by atoms with Gasteiger partial charge in [-0.2, -0.15) is 0 Å². The molecular weight excluding hydrogens is 690 g/mol. The number of carboxylic acids is 2. The Hall–Kier alpha value is -3.56. The molecule has 0 aliphatic carbocycles. The Morgan fingerprint density at radius 1 is 0.519 bits per heavy atom. The van der Waals surface area contributed by atoms with Crippen molar-refractivity contribution in [3.63, 3.8) is 0 Å². The Kier molecular flexibility index (Phi) is 21.6. The van der Waals surface area contributed by atoms with Crippen molar-refractivity contribution < 1.29 is 19.8 Å². The maximum Gasteiger partial charge on any atom is 0.317 e. The van der Waals surface area contributed by atoms with Crippen LogP contribution in [0.3, 0.4) is 0 Å². The largest absolute Gasteiger partial charge is 0.480 e. The van der Waals surface area contributed by atoms with Gasteiger partial charge in [0.25, 0.3) is 0 Å². The van der Waals surface area contributed by atoms with Gasteiger partial charge in [0.2, 0.25) is 0 Å². The van der Waals surface area contributed by atoms with Gasteiger partial charge in [0.05, 0.1) is 13.1 Å². The monoisotopic (exact) mass is 746 g/mol. The third kappa shape index (κ3) is 16.8. The summed E-state index contributed by atoms with van der Waals surface area (Å²) in [6.45, 7) is 13.0. The summed E-state index contributed by atoms with van der Waals surface area (Å²) in [6.07, 6.45) is 0. The maximum atomic E-state index is 10.6. The zero-order chi connectivity index (χ0) is 37.2. The molecular formula is C40H56N6O4P2. The van der Waals surface area contributed by atoms with Crippen LogP contribution in [0.2, 0.25) is 0 Å². The van der Waals surface area contributed by atoms with Gasteiger partial charge >= 0.3 is 11.9 Å². The summed E-state index contributed by atoms with van der Waals surface area (Å²) in [5, 5.41) is 35.6. The van der Waals surface area contributed by atoms with Crippen LogP contribution < -0.4 is 42.3 Å². The molecule has 0 bridgehead atoms. The first-order valence-electron chi connectivity index (χ1n) is 18.0. The number of carboxylic acid groups (broad SMARTS) is 2. The van der Waals surface area contributed by atoms with Crippen molar-refractivity contribution in [1.82, 2.24) is 30.6 Å². The Bertz CT molecular complexity index is 1430. The lowest BCUT2D eigenvalue weighted by Crippen LogP contribution is -2.39. The molecule has 0 radical (unpaired) electrons. The van der Waals surface area contributed by atoms with E-state index in [4.69, 9.17) is 10.2 Å². The molecule has 0 amide bonds. The molecule has 0 spiro atoms. The van der Waals surface area contributed by atoms with E-state index in [-0.39, 0.29) is 13.1 Å². The van der Waals surface area contributed by atoms with E-state index in [1.807, 2.05) is 12.1 Å². The van der Waals surface area contributed by atoms with Crippen molar-refractivity contribution >= 4 is 49.3 Å². The quantitative estimate of drug-likeness (QED) is 0.0470. The van der Waals surface area contributed by atoms with Crippen molar-refractivity contribution in [3.8, 4) is 0 Å². The second kappa shape index (κ2) is 26.2. The minimum atomic E-state index is -0.819. The summed E-state index contributed by atoms with van der Waals surface area (Å²) < 4.78 is 2.43. The zero-order valence-electron chi connectivity index (χ0n) is 30.5. The summed E-state index contributed by atoms with van der Waals surface area (Å²) in [7, 11) is -1.16. The van der Waals surface area contributed by atoms with Crippen LogP contribution in [0.4, 0.5) is 0 Å². The minimum absolute atomic E-state index is 0.00611. The first-order chi connectivity index (χ1) is 25.4. The Morgan fingerprint density at radius 2 is 0.923 bits per heavy atom. The average Bonchev–Trinajstić information content (AvgIpc) is 3.18. The summed E-state index contributed by atoms with van der Waals surface area (Å²) in [5.74, 6) is -1.64. The highest BCUT2D eigenvalue weighted by Crippen LogP contribution is 2.37. The highest BCUT2D eigenvalue weighted by molar-refractivity contribution is 7.71. The van der Waals surface area contributed by atoms with Gasteiger partial charge in [0.15, 0.2) is 0 Å². The summed E-state index contributed by atoms with van der Waals surface area (Å²) in [5.41, 5.74) is 0. The zero-order valence-corrected chi connectivity index (χ0v) is 32.3. The molecule has 0 aromatic heterocycles. The second-order valence-corrected chi connectivity index (χ2v) is 16.0. The smallest absolute Gasteiger partial charge is 0.317 e. The van der Waals surface area contributed by atoms with Gasteiger partial charge in [-0.1, -0.05) is 135 Å². The highest BCUT2D eigenvalue weighted by Gasteiger charge is 2.20. The van der Waals surface area contributed by atoms with Crippen LogP contribution in [-0.2, 0) is 9.59 Å². The number of rotatable bonds is 24. The molecule has 4 aromatic rings. The van der Waals surface area contributed by atoms with Gasteiger partial charge in [-0.3, -0.25) is 19.3 Å². The number of aliphatic carboxylic acids is 2. The van der Waals surface area contributed by atoms with Crippen LogP contribution in [0.5, 0.6) is 0 Å². The Morgan fingerprint density at radius 3 is 1.37 bits per heavy atom. The molecule has 12 heteroatoms. The summed E-state index contributed by atoms with van der Waals surface area (Å²) >= 11 is 0. The first-order valence-corrected chi connectivity index (χ1v) is 20.6. The van der Waals surface area contributed by atoms with Crippen LogP contribution in [0, 0.1) is 0 Å². The van der Waals surface area contributed by atoms with E-state index >= 15 is 0 Å². The molecule has 0 aliphatic heterocycles. The van der Waals surface area contributed by atoms with Crippen LogP contribution >= 0.6 is 16.1 Å². The standard InChI is InChI=1S/C22H33N4O2P.C18H23N2O2P/c1-2-26(17-15-23-13-14-24-19-22(27)28)18-16-25-29(20-9-5-3-6-10-20)21-11-7-4-8-12-21;1-2-20(14-13-19-15-18(21)22)23(16-9-5-3-6-10-16)17-11-7-4-8-12-17/h3-12,23-25H,2,13-19H2,1H3,(H,27,28);3-12,19H,2,13-15H2,1H3,(H,21,22). The maximum absolute atomic E-state index is 10.6. The van der Waals surface area contributed by atoms with Gasteiger partial charge < -0.3 is 31.1 Å². The fraction of sp³-hybridized carbons (Fsp3) is 0.350. The lowest BCUT2D eigenvalue weighted by Gasteiger charge is -2.31. The summed E-state index contributed by atoms with van der Waals surface area (Å²) in [6, 6.07) is 42.4. The van der Waals surface area contributed by atoms with Gasteiger partial charge in [-0.15, -0.1) is 0 Å². The Labute approximate surface area is 312 Å². The molecule has 0 saturated carbocycles. The van der Waals surface area contributed by atoms with E-state index < -0.39 is 28.1 Å². The fourth-order valence-electron chi connectivity index (χ4n) is 5.39. The van der Waals surface area contributed by atoms with Crippen molar-refractivity contribution in [2.24, 2.45) is 0 Å². The van der Waals surface area contributed by atoms with Gasteiger partial charge in [-0.05, 0) is 34.3 Å². The Balaban J connectivity index is 0.000000288. The highest BCUT2D eigenvalue weighted by atomic mass is 31.1. The number of nitrogens with one attached hydrogen (secondary N) is 4. The second-order valence-electron chi connectivity index (χ2n) is 11.8. The molecule has 4 rings (SSSR count). The first kappa shape index (κ1) is 42.8. The number of likely N-dealkylation sites (N-methyl/N-ethyl adjacent to an activating group) is 2. The topological polar surface area (TPSA) is 129 Å². The van der Waals surface area contributed by atoms with Crippen LogP contribution in [0.1, 0.15) is 13.8 Å². The van der Waals surface area contributed by atoms with Crippen molar-refractivity contribution in [3.05, 3.63) is 121 Å². The van der Waals surface area contributed by atoms with E-state index in [1.54, 1.807) is 0 Å². The van der Waals surface area contributed by atoms with Crippen molar-refractivity contribution in [2.75, 3.05) is 78.5 Å². The molecule has 0 unspecified atom stereocenters. The molecule has 0 saturated heterocycles. The van der Waals surface area contributed by atoms with Gasteiger partial charge in [0.1, 0.15) is 0 Å². The van der Waals surface area contributed by atoms with E-state index in [0.29, 0.717) is 13.1 Å². The SMILES string of the molecule is CCN(CCNCC(=O)O)P(c1ccccc1)c1ccccc1.CCN(CCNCCNCC(=O)O)CCNP(c1ccccc1)c1ccccc1. The third-order valence-electron chi connectivity index (χ3n) is 8.01. The number of nitrogens with zero attached hydrogens (tertiary/aromatic N) is 2. The molecule has 0 atom stereocenters. The lowest BCUT2D eigenvalue weighted by molar-refractivity contribution is -0.136. The lowest BCUT2D eigenvalue weighted by atomic mass is 10.4. The van der Waals surface area contributed by atoms with Crippen molar-refractivity contribution in [2.45, 2.75) is 13.8 Å². The van der Waals surface area contributed by atoms with Crippen LogP contribution in [0.15, 0.2) is 121 Å².